The summed E-state index contributed by atoms with van der Waals surface area (Å²) in [5, 5.41) is 7.27. The Morgan fingerprint density at radius 3 is 1.64 bits per heavy atom. The van der Waals surface area contributed by atoms with Crippen LogP contribution >= 0.6 is 0 Å². The fourth-order valence-corrected chi connectivity index (χ4v) is 1.84. The van der Waals surface area contributed by atoms with Gasteiger partial charge in [-0.2, -0.15) is 0 Å². The maximum Gasteiger partial charge on any atom is 0.301 e. The highest BCUT2D eigenvalue weighted by atomic mass is 19.2. The molecule has 0 spiro atoms. The number of aromatic nitrogens is 3. The number of fused-ring (bicyclic) bond motifs is 1. The van der Waals surface area contributed by atoms with Crippen molar-refractivity contribution in [3.63, 3.8) is 0 Å². The van der Waals surface area contributed by atoms with E-state index >= 15 is 0 Å². The Hall–Kier alpha value is -2.84. The van der Waals surface area contributed by atoms with Gasteiger partial charge in [0, 0.05) is 0 Å². The first-order valence-corrected chi connectivity index (χ1v) is 5.80. The van der Waals surface area contributed by atoms with Crippen molar-refractivity contribution in [3.05, 3.63) is 58.9 Å². The quantitative estimate of drug-likeness (QED) is 0.394. The lowest BCUT2D eigenvalue weighted by Gasteiger charge is -2.06. The highest BCUT2D eigenvalue weighted by molar-refractivity contribution is 5.96. The second kappa shape index (κ2) is 4.86. The molecule has 3 rings (SSSR count). The molecule has 0 unspecified atom stereocenters. The van der Waals surface area contributed by atoms with Crippen LogP contribution in [0.5, 0.6) is 0 Å². The van der Waals surface area contributed by atoms with Crippen molar-refractivity contribution in [2.45, 2.75) is 0 Å². The minimum absolute atomic E-state index is 0.222. The number of nitrogens with zero attached hydrogens (tertiary/aromatic N) is 3. The summed E-state index contributed by atoms with van der Waals surface area (Å²) in [4.78, 5) is 12.3. The van der Waals surface area contributed by atoms with E-state index in [9.17, 15) is 26.7 Å². The van der Waals surface area contributed by atoms with Crippen molar-refractivity contribution in [2.75, 3.05) is 0 Å². The van der Waals surface area contributed by atoms with Crippen LogP contribution in [-0.2, 0) is 0 Å². The van der Waals surface area contributed by atoms with Crippen LogP contribution in [0.3, 0.4) is 0 Å². The van der Waals surface area contributed by atoms with Crippen molar-refractivity contribution in [3.8, 4) is 0 Å². The predicted octanol–water partition coefficient (Wildman–Crippen LogP) is 2.82. The van der Waals surface area contributed by atoms with Crippen molar-refractivity contribution >= 4 is 16.9 Å². The zero-order chi connectivity index (χ0) is 16.0. The van der Waals surface area contributed by atoms with Crippen molar-refractivity contribution in [1.29, 1.82) is 0 Å². The van der Waals surface area contributed by atoms with E-state index in [-0.39, 0.29) is 15.8 Å². The maximum atomic E-state index is 13.6. The molecule has 112 valence electrons. The van der Waals surface area contributed by atoms with E-state index in [2.05, 4.69) is 10.2 Å². The van der Waals surface area contributed by atoms with E-state index in [0.29, 0.717) is 0 Å². The van der Waals surface area contributed by atoms with Crippen LogP contribution in [0.1, 0.15) is 10.4 Å². The summed E-state index contributed by atoms with van der Waals surface area (Å²) >= 11 is 0. The summed E-state index contributed by atoms with van der Waals surface area (Å²) in [5.41, 5.74) is -1.17. The largest absolute Gasteiger partial charge is 0.301 e. The summed E-state index contributed by atoms with van der Waals surface area (Å²) in [6, 6.07) is 6.07. The van der Waals surface area contributed by atoms with Crippen molar-refractivity contribution < 1.29 is 26.7 Å². The van der Waals surface area contributed by atoms with E-state index in [1.54, 1.807) is 12.1 Å². The number of carbonyl (C=O) groups is 1. The first kappa shape index (κ1) is 14.1. The van der Waals surface area contributed by atoms with Gasteiger partial charge in [-0.25, -0.2) is 22.0 Å². The van der Waals surface area contributed by atoms with Gasteiger partial charge >= 0.3 is 5.91 Å². The van der Waals surface area contributed by atoms with Crippen LogP contribution in [0.15, 0.2) is 24.3 Å². The molecule has 0 radical (unpaired) electrons. The van der Waals surface area contributed by atoms with Gasteiger partial charge < -0.3 is 0 Å². The monoisotopic (exact) mass is 313 g/mol. The molecule has 0 amide bonds. The first-order valence-electron chi connectivity index (χ1n) is 5.80. The Morgan fingerprint density at radius 1 is 0.773 bits per heavy atom. The van der Waals surface area contributed by atoms with Crippen LogP contribution in [-0.4, -0.2) is 20.9 Å². The third kappa shape index (κ3) is 1.93. The molecule has 1 aromatic heterocycles. The van der Waals surface area contributed by atoms with E-state index in [4.69, 9.17) is 0 Å². The number of hydrogen-bond acceptors (Lipinski definition) is 3. The lowest BCUT2D eigenvalue weighted by atomic mass is 10.1. The molecule has 3 aromatic rings. The average molecular weight is 313 g/mol. The number of halogens is 5. The van der Waals surface area contributed by atoms with Crippen molar-refractivity contribution in [2.24, 2.45) is 0 Å². The molecule has 0 aliphatic heterocycles. The zero-order valence-electron chi connectivity index (χ0n) is 10.4. The fraction of sp³-hybridized carbons (Fsp3) is 0. The zero-order valence-corrected chi connectivity index (χ0v) is 10.4. The van der Waals surface area contributed by atoms with Gasteiger partial charge in [-0.3, -0.25) is 4.79 Å². The van der Waals surface area contributed by atoms with Crippen LogP contribution in [0.25, 0.3) is 11.0 Å². The molecule has 0 aliphatic carbocycles. The van der Waals surface area contributed by atoms with Gasteiger partial charge in [-0.1, -0.05) is 12.1 Å². The summed E-state index contributed by atoms with van der Waals surface area (Å²) in [6.07, 6.45) is 0. The Bertz CT molecular complexity index is 859. The molecule has 0 saturated heterocycles. The molecule has 0 atom stereocenters. The Kier molecular flexibility index (Phi) is 3.12. The van der Waals surface area contributed by atoms with Crippen LogP contribution < -0.4 is 0 Å². The summed E-state index contributed by atoms with van der Waals surface area (Å²) in [7, 11) is 0. The van der Waals surface area contributed by atoms with E-state index < -0.39 is 40.6 Å². The number of rotatable bonds is 1. The maximum absolute atomic E-state index is 13.6. The fourth-order valence-electron chi connectivity index (χ4n) is 1.84. The highest BCUT2D eigenvalue weighted by Crippen LogP contribution is 2.23. The molecule has 9 heteroatoms. The van der Waals surface area contributed by atoms with Crippen LogP contribution in [0, 0.1) is 29.1 Å². The van der Waals surface area contributed by atoms with Gasteiger partial charge in [0.15, 0.2) is 23.3 Å². The number of carbonyl (C=O) groups excluding carboxylic acids is 1. The Morgan fingerprint density at radius 2 is 1.18 bits per heavy atom. The molecule has 4 nitrogen and oxygen atoms in total. The van der Waals surface area contributed by atoms with Crippen molar-refractivity contribution in [1.82, 2.24) is 15.0 Å². The predicted molar refractivity (Wildman–Crippen MR) is 63.5 cm³/mol. The molecular formula is C13H4F5N3O. The Balaban J connectivity index is 2.21. The van der Waals surface area contributed by atoms with E-state index in [1.165, 1.54) is 12.1 Å². The number of hydrogen-bond donors (Lipinski definition) is 0. The molecule has 1 heterocycles. The number of benzene rings is 2. The molecule has 0 saturated carbocycles. The van der Waals surface area contributed by atoms with Gasteiger partial charge in [0.1, 0.15) is 16.6 Å². The highest BCUT2D eigenvalue weighted by Gasteiger charge is 2.31. The van der Waals surface area contributed by atoms with Gasteiger partial charge in [0.25, 0.3) is 0 Å². The van der Waals surface area contributed by atoms with Gasteiger partial charge in [0.05, 0.1) is 0 Å². The molecule has 0 fully saturated rings. The molecule has 0 bridgehead atoms. The minimum atomic E-state index is -2.34. The standard InChI is InChI=1S/C13H4F5N3O/c14-8-7(9(15)11(17)12(18)10(8)16)13(22)21-19-5-3-1-2-4-6(5)20-21/h1-4H. The van der Waals surface area contributed by atoms with Crippen LogP contribution in [0.2, 0.25) is 0 Å². The van der Waals surface area contributed by atoms with Crippen LogP contribution in [0.4, 0.5) is 22.0 Å². The SMILES string of the molecule is O=C(c1c(F)c(F)c(F)c(F)c1F)n1nc2ccccc2n1. The molecule has 2 aromatic carbocycles. The summed E-state index contributed by atoms with van der Waals surface area (Å²) in [5.74, 6) is -12.8. The Labute approximate surface area is 118 Å². The van der Waals surface area contributed by atoms with Gasteiger partial charge in [-0.05, 0) is 12.1 Å². The smallest absolute Gasteiger partial charge is 0.265 e. The van der Waals surface area contributed by atoms with E-state index in [1.807, 2.05) is 0 Å². The average Bonchev–Trinajstić information content (AvgIpc) is 2.95. The summed E-state index contributed by atoms with van der Waals surface area (Å²) in [6.45, 7) is 0. The van der Waals surface area contributed by atoms with Gasteiger partial charge in [0.2, 0.25) is 5.82 Å². The normalized spacial score (nSPS) is 11.1. The molecule has 0 aliphatic rings. The molecule has 0 N–H and O–H groups in total. The first-order chi connectivity index (χ1) is 10.4. The molecule has 22 heavy (non-hydrogen) atoms. The van der Waals surface area contributed by atoms with Gasteiger partial charge in [-0.15, -0.1) is 15.0 Å². The third-order valence-electron chi connectivity index (χ3n) is 2.89. The molecular weight excluding hydrogens is 309 g/mol. The lowest BCUT2D eigenvalue weighted by Crippen LogP contribution is -2.21. The second-order valence-electron chi connectivity index (χ2n) is 4.23. The third-order valence-corrected chi connectivity index (χ3v) is 2.89. The topological polar surface area (TPSA) is 47.8 Å². The summed E-state index contributed by atoms with van der Waals surface area (Å²) < 4.78 is 66.4. The van der Waals surface area contributed by atoms with E-state index in [0.717, 1.165) is 0 Å². The minimum Gasteiger partial charge on any atom is -0.265 e. The lowest BCUT2D eigenvalue weighted by molar-refractivity contribution is 0.0916. The second-order valence-corrected chi connectivity index (χ2v) is 4.23.